The van der Waals surface area contributed by atoms with Crippen LogP contribution in [0.25, 0.3) is 0 Å². The van der Waals surface area contributed by atoms with Gasteiger partial charge in [-0.05, 0) is 45.6 Å². The molecular weight excluding hydrogens is 404 g/mol. The third-order valence-corrected chi connectivity index (χ3v) is 7.32. The molecule has 32 heavy (non-hydrogen) atoms. The van der Waals surface area contributed by atoms with Gasteiger partial charge in [-0.2, -0.15) is 0 Å². The van der Waals surface area contributed by atoms with Gasteiger partial charge in [0, 0.05) is 51.9 Å². The lowest BCUT2D eigenvalue weighted by Crippen LogP contribution is -2.50. The maximum Gasteiger partial charge on any atom is 0.191 e. The van der Waals surface area contributed by atoms with Crippen LogP contribution in [0.1, 0.15) is 56.6 Å². The summed E-state index contributed by atoms with van der Waals surface area (Å²) in [7, 11) is 2.00. The molecule has 9 heteroatoms. The Bertz CT molecular complexity index is 716. The molecule has 0 aromatic carbocycles. The van der Waals surface area contributed by atoms with E-state index in [1.807, 2.05) is 18.5 Å². The first-order valence-electron chi connectivity index (χ1n) is 12.6. The molecule has 0 spiro atoms. The summed E-state index contributed by atoms with van der Waals surface area (Å²) in [5.41, 5.74) is 0. The van der Waals surface area contributed by atoms with Crippen molar-refractivity contribution in [2.45, 2.75) is 70.5 Å². The number of hydrogen-bond acceptors (Lipinski definition) is 6. The lowest BCUT2D eigenvalue weighted by Gasteiger charge is -2.36. The van der Waals surface area contributed by atoms with Crippen LogP contribution in [0.15, 0.2) is 4.99 Å². The Morgan fingerprint density at radius 3 is 2.50 bits per heavy atom. The van der Waals surface area contributed by atoms with Crippen molar-refractivity contribution in [2.24, 2.45) is 12.0 Å². The molecule has 0 atom stereocenters. The molecule has 0 unspecified atom stereocenters. The molecule has 3 heterocycles. The van der Waals surface area contributed by atoms with Crippen LogP contribution in [0.3, 0.4) is 0 Å². The summed E-state index contributed by atoms with van der Waals surface area (Å²) in [6.07, 6.45) is 9.09. The van der Waals surface area contributed by atoms with E-state index in [0.717, 1.165) is 69.5 Å². The fraction of sp³-hybridized carbons (Fsp3) is 0.870. The zero-order valence-corrected chi connectivity index (χ0v) is 20.1. The number of nitrogens with one attached hydrogen (secondary N) is 2. The molecular formula is C23H42N8O. The fourth-order valence-electron chi connectivity index (χ4n) is 5.10. The van der Waals surface area contributed by atoms with Crippen molar-refractivity contribution in [3.05, 3.63) is 11.6 Å². The number of nitrogens with zero attached hydrogens (tertiary/aromatic N) is 6. The van der Waals surface area contributed by atoms with Gasteiger partial charge >= 0.3 is 0 Å². The summed E-state index contributed by atoms with van der Waals surface area (Å²) in [4.78, 5) is 10.1. The standard InChI is InChI=1S/C23H42N8O/c1-19-27-28-22(29(19)2)18-25-23(24-10-5-11-30-14-16-32-17-15-30)26-20-8-12-31(13-9-20)21-6-3-4-7-21/h20-21H,3-18H2,1-2H3,(H2,24,25,26). The van der Waals surface area contributed by atoms with Crippen molar-refractivity contribution in [3.63, 3.8) is 0 Å². The monoisotopic (exact) mass is 446 g/mol. The molecule has 2 N–H and O–H groups in total. The lowest BCUT2D eigenvalue weighted by molar-refractivity contribution is 0.0376. The van der Waals surface area contributed by atoms with Crippen molar-refractivity contribution < 1.29 is 4.74 Å². The zero-order chi connectivity index (χ0) is 22.2. The molecule has 3 aliphatic rings. The topological polar surface area (TPSA) is 82.8 Å². The molecule has 2 saturated heterocycles. The summed E-state index contributed by atoms with van der Waals surface area (Å²) in [5, 5.41) is 15.7. The van der Waals surface area contributed by atoms with Gasteiger partial charge in [-0.25, -0.2) is 4.99 Å². The molecule has 1 aromatic heterocycles. The Morgan fingerprint density at radius 2 is 1.81 bits per heavy atom. The second-order valence-corrected chi connectivity index (χ2v) is 9.51. The molecule has 2 aliphatic heterocycles. The average Bonchev–Trinajstić information content (AvgIpc) is 3.47. The zero-order valence-electron chi connectivity index (χ0n) is 20.1. The van der Waals surface area contributed by atoms with E-state index in [4.69, 9.17) is 9.73 Å². The first-order chi connectivity index (χ1) is 15.7. The van der Waals surface area contributed by atoms with E-state index < -0.39 is 0 Å². The number of likely N-dealkylation sites (tertiary alicyclic amines) is 1. The summed E-state index contributed by atoms with van der Waals surface area (Å²) in [5.74, 6) is 2.72. The molecule has 0 amide bonds. The predicted molar refractivity (Wildman–Crippen MR) is 127 cm³/mol. The van der Waals surface area contributed by atoms with E-state index in [-0.39, 0.29) is 0 Å². The van der Waals surface area contributed by atoms with Gasteiger partial charge < -0.3 is 24.8 Å². The first kappa shape index (κ1) is 23.4. The number of aromatic nitrogens is 3. The van der Waals surface area contributed by atoms with Crippen molar-refractivity contribution in [3.8, 4) is 0 Å². The summed E-state index contributed by atoms with van der Waals surface area (Å²) in [6, 6.07) is 1.32. The van der Waals surface area contributed by atoms with Gasteiger partial charge in [-0.3, -0.25) is 4.90 Å². The molecule has 1 aromatic rings. The third kappa shape index (κ3) is 6.65. The van der Waals surface area contributed by atoms with Gasteiger partial charge in [-0.15, -0.1) is 10.2 Å². The van der Waals surface area contributed by atoms with E-state index in [1.165, 1.54) is 51.6 Å². The predicted octanol–water partition coefficient (Wildman–Crippen LogP) is 1.29. The Morgan fingerprint density at radius 1 is 1.06 bits per heavy atom. The average molecular weight is 447 g/mol. The highest BCUT2D eigenvalue weighted by atomic mass is 16.5. The third-order valence-electron chi connectivity index (χ3n) is 7.32. The van der Waals surface area contributed by atoms with Gasteiger partial charge in [0.15, 0.2) is 11.8 Å². The van der Waals surface area contributed by atoms with Crippen LogP contribution >= 0.6 is 0 Å². The number of piperidine rings is 1. The van der Waals surface area contributed by atoms with Crippen molar-refractivity contribution in [1.29, 1.82) is 0 Å². The SMILES string of the molecule is Cc1nnc(CN=C(NCCCN2CCOCC2)NC2CCN(C3CCCC3)CC2)n1C. The largest absolute Gasteiger partial charge is 0.379 e. The van der Waals surface area contributed by atoms with Crippen molar-refractivity contribution >= 4 is 5.96 Å². The van der Waals surface area contributed by atoms with Gasteiger partial charge in [0.1, 0.15) is 12.4 Å². The van der Waals surface area contributed by atoms with Crippen molar-refractivity contribution in [1.82, 2.24) is 35.2 Å². The molecule has 1 aliphatic carbocycles. The number of ether oxygens (including phenoxy) is 1. The Kier molecular flexibility index (Phi) is 8.76. The minimum absolute atomic E-state index is 0.486. The van der Waals surface area contributed by atoms with Crippen LogP contribution in [0.2, 0.25) is 0 Å². The highest BCUT2D eigenvalue weighted by molar-refractivity contribution is 5.80. The number of aryl methyl sites for hydroxylation is 1. The quantitative estimate of drug-likeness (QED) is 0.354. The van der Waals surface area contributed by atoms with E-state index in [9.17, 15) is 0 Å². The molecule has 9 nitrogen and oxygen atoms in total. The summed E-state index contributed by atoms with van der Waals surface area (Å²) < 4.78 is 7.46. The summed E-state index contributed by atoms with van der Waals surface area (Å²) in [6.45, 7) is 10.8. The molecule has 1 saturated carbocycles. The molecule has 4 rings (SSSR count). The van der Waals surface area contributed by atoms with E-state index in [0.29, 0.717) is 12.6 Å². The van der Waals surface area contributed by atoms with Crippen molar-refractivity contribution in [2.75, 3.05) is 52.5 Å². The first-order valence-corrected chi connectivity index (χ1v) is 12.6. The van der Waals surface area contributed by atoms with Gasteiger partial charge in [0.2, 0.25) is 0 Å². The molecule has 0 radical (unpaired) electrons. The van der Waals surface area contributed by atoms with E-state index in [1.54, 1.807) is 0 Å². The minimum Gasteiger partial charge on any atom is -0.379 e. The van der Waals surface area contributed by atoms with Crippen LogP contribution in [0.5, 0.6) is 0 Å². The Labute approximate surface area is 193 Å². The van der Waals surface area contributed by atoms with E-state index in [2.05, 4.69) is 30.6 Å². The second-order valence-electron chi connectivity index (χ2n) is 9.51. The second kappa shape index (κ2) is 12.0. The number of hydrogen-bond donors (Lipinski definition) is 2. The maximum atomic E-state index is 5.45. The highest BCUT2D eigenvalue weighted by Gasteiger charge is 2.27. The maximum absolute atomic E-state index is 5.45. The molecule has 3 fully saturated rings. The van der Waals surface area contributed by atoms with Crippen LogP contribution < -0.4 is 10.6 Å². The highest BCUT2D eigenvalue weighted by Crippen LogP contribution is 2.26. The van der Waals surface area contributed by atoms with Crippen LogP contribution in [-0.4, -0.2) is 95.1 Å². The Balaban J connectivity index is 1.27. The lowest BCUT2D eigenvalue weighted by atomic mass is 10.0. The smallest absolute Gasteiger partial charge is 0.191 e. The van der Waals surface area contributed by atoms with Gasteiger partial charge in [0.25, 0.3) is 0 Å². The Hall–Kier alpha value is -1.71. The number of morpholine rings is 1. The number of rotatable bonds is 8. The van der Waals surface area contributed by atoms with Crippen LogP contribution in [0.4, 0.5) is 0 Å². The summed E-state index contributed by atoms with van der Waals surface area (Å²) >= 11 is 0. The fourth-order valence-corrected chi connectivity index (χ4v) is 5.10. The number of guanidine groups is 1. The van der Waals surface area contributed by atoms with Crippen LogP contribution in [0, 0.1) is 6.92 Å². The molecule has 0 bridgehead atoms. The molecule has 180 valence electrons. The van der Waals surface area contributed by atoms with Gasteiger partial charge in [0.05, 0.1) is 13.2 Å². The normalized spacial score (nSPS) is 22.5. The minimum atomic E-state index is 0.486. The van der Waals surface area contributed by atoms with Gasteiger partial charge in [-0.1, -0.05) is 12.8 Å². The number of aliphatic imine (C=N–C) groups is 1. The van der Waals surface area contributed by atoms with Crippen LogP contribution in [-0.2, 0) is 18.3 Å². The van der Waals surface area contributed by atoms with E-state index >= 15 is 0 Å².